The van der Waals surface area contributed by atoms with Gasteiger partial charge in [0.1, 0.15) is 5.82 Å². The quantitative estimate of drug-likeness (QED) is 0.845. The Morgan fingerprint density at radius 2 is 2.17 bits per heavy atom. The van der Waals surface area contributed by atoms with Crippen LogP contribution < -0.4 is 11.1 Å². The minimum atomic E-state index is -0.434. The molecule has 1 aliphatic heterocycles. The van der Waals surface area contributed by atoms with Crippen molar-refractivity contribution in [1.82, 2.24) is 5.32 Å². The molecule has 1 fully saturated rings. The van der Waals surface area contributed by atoms with Crippen molar-refractivity contribution >= 4 is 30.1 Å². The summed E-state index contributed by atoms with van der Waals surface area (Å²) in [5.41, 5.74) is 6.79. The van der Waals surface area contributed by atoms with Gasteiger partial charge in [-0.2, -0.15) is 0 Å². The lowest BCUT2D eigenvalue weighted by molar-refractivity contribution is -0.129. The van der Waals surface area contributed by atoms with Crippen LogP contribution in [0.3, 0.4) is 0 Å². The molecule has 3 unspecified atom stereocenters. The highest BCUT2D eigenvalue weighted by Gasteiger charge is 2.38. The zero-order chi connectivity index (χ0) is 15.7. The van der Waals surface area contributed by atoms with Crippen molar-refractivity contribution in [2.45, 2.75) is 55.5 Å². The second-order valence-corrected chi connectivity index (χ2v) is 7.82. The van der Waals surface area contributed by atoms with Crippen LogP contribution >= 0.6 is 24.2 Å². The molecule has 128 valence electrons. The lowest BCUT2D eigenvalue weighted by atomic mass is 9.74. The fraction of sp³-hybridized carbons (Fsp3) is 0.588. The molecule has 6 heteroatoms. The molecule has 3 rings (SSSR count). The molecule has 0 bridgehead atoms. The molecular weight excluding hydrogens is 335 g/mol. The van der Waals surface area contributed by atoms with Crippen molar-refractivity contribution in [2.24, 2.45) is 11.7 Å². The van der Waals surface area contributed by atoms with Crippen LogP contribution in [0.1, 0.15) is 50.6 Å². The fourth-order valence-corrected chi connectivity index (χ4v) is 4.68. The molecule has 0 aromatic heterocycles. The summed E-state index contributed by atoms with van der Waals surface area (Å²) < 4.78 is 13.5. The molecule has 0 radical (unpaired) electrons. The van der Waals surface area contributed by atoms with Gasteiger partial charge in [-0.15, -0.1) is 24.2 Å². The number of amides is 1. The Morgan fingerprint density at radius 1 is 1.39 bits per heavy atom. The molecule has 3 N–H and O–H groups in total. The maximum atomic E-state index is 13.5. The Kier molecular flexibility index (Phi) is 5.98. The maximum Gasteiger partial charge on any atom is 0.225 e. The number of nitrogens with one attached hydrogen (secondary N) is 1. The summed E-state index contributed by atoms with van der Waals surface area (Å²) in [6.45, 7) is 1.97. The Balaban J connectivity index is 0.00000192. The van der Waals surface area contributed by atoms with Gasteiger partial charge in [0, 0.05) is 16.2 Å². The Morgan fingerprint density at radius 3 is 2.91 bits per heavy atom. The van der Waals surface area contributed by atoms with Gasteiger partial charge < -0.3 is 11.1 Å². The summed E-state index contributed by atoms with van der Waals surface area (Å²) in [4.78, 5) is 13.8. The minimum Gasteiger partial charge on any atom is -0.349 e. The molecule has 2 aliphatic rings. The van der Waals surface area contributed by atoms with Gasteiger partial charge in [0.05, 0.1) is 12.0 Å². The van der Waals surface area contributed by atoms with Crippen LogP contribution in [0.5, 0.6) is 0 Å². The molecule has 1 heterocycles. The smallest absolute Gasteiger partial charge is 0.225 e. The van der Waals surface area contributed by atoms with Gasteiger partial charge >= 0.3 is 0 Å². The van der Waals surface area contributed by atoms with Gasteiger partial charge in [-0.3, -0.25) is 4.79 Å². The maximum absolute atomic E-state index is 13.5. The highest BCUT2D eigenvalue weighted by Crippen LogP contribution is 2.38. The van der Waals surface area contributed by atoms with Crippen LogP contribution in [0, 0.1) is 11.7 Å². The monoisotopic (exact) mass is 358 g/mol. The molecule has 0 spiro atoms. The van der Waals surface area contributed by atoms with Gasteiger partial charge in [0.2, 0.25) is 5.91 Å². The topological polar surface area (TPSA) is 55.1 Å². The summed E-state index contributed by atoms with van der Waals surface area (Å²) in [7, 11) is 0. The van der Waals surface area contributed by atoms with Crippen LogP contribution in [0.25, 0.3) is 0 Å². The summed E-state index contributed by atoms with van der Waals surface area (Å²) >= 11 is 1.72. The van der Waals surface area contributed by atoms with Crippen molar-refractivity contribution in [3.63, 3.8) is 0 Å². The van der Waals surface area contributed by atoms with E-state index in [1.165, 1.54) is 6.07 Å². The van der Waals surface area contributed by atoms with E-state index in [9.17, 15) is 9.18 Å². The van der Waals surface area contributed by atoms with Crippen LogP contribution in [-0.4, -0.2) is 17.2 Å². The normalized spacial score (nSPS) is 30.0. The molecule has 1 aromatic carbocycles. The average molecular weight is 359 g/mol. The molecule has 1 amide bonds. The zero-order valence-electron chi connectivity index (χ0n) is 13.3. The Labute approximate surface area is 147 Å². The third kappa shape index (κ3) is 4.01. The molecule has 3 atom stereocenters. The van der Waals surface area contributed by atoms with E-state index in [-0.39, 0.29) is 36.1 Å². The first-order chi connectivity index (χ1) is 10.5. The summed E-state index contributed by atoms with van der Waals surface area (Å²) in [5.74, 6) is 0.570. The molecular formula is C17H24ClFN2OS. The van der Waals surface area contributed by atoms with Crippen molar-refractivity contribution < 1.29 is 9.18 Å². The van der Waals surface area contributed by atoms with E-state index in [0.717, 1.165) is 48.3 Å². The van der Waals surface area contributed by atoms with Gasteiger partial charge in [-0.05, 0) is 49.9 Å². The molecule has 1 aliphatic carbocycles. The van der Waals surface area contributed by atoms with E-state index in [2.05, 4.69) is 5.32 Å². The Bertz CT molecular complexity index is 582. The third-order valence-electron chi connectivity index (χ3n) is 4.90. The number of hydrogen-bond acceptors (Lipinski definition) is 3. The highest BCUT2D eigenvalue weighted by molar-refractivity contribution is 7.99. The first-order valence-corrected chi connectivity index (χ1v) is 8.97. The second kappa shape index (κ2) is 7.41. The lowest BCUT2D eigenvalue weighted by Gasteiger charge is -2.38. The second-order valence-electron chi connectivity index (χ2n) is 6.68. The summed E-state index contributed by atoms with van der Waals surface area (Å²) in [6, 6.07) is 4.74. The van der Waals surface area contributed by atoms with Crippen LogP contribution in [-0.2, 0) is 4.79 Å². The van der Waals surface area contributed by atoms with Gasteiger partial charge in [0.15, 0.2) is 0 Å². The number of fused-ring (bicyclic) bond motifs is 1. The average Bonchev–Trinajstić information content (AvgIpc) is 2.47. The highest BCUT2D eigenvalue weighted by atomic mass is 35.5. The number of rotatable bonds is 2. The number of hydrogen-bond donors (Lipinski definition) is 2. The van der Waals surface area contributed by atoms with Crippen LogP contribution in [0.4, 0.5) is 4.39 Å². The number of nitrogens with two attached hydrogens (primary N) is 1. The van der Waals surface area contributed by atoms with Crippen molar-refractivity contribution in [2.75, 3.05) is 5.75 Å². The van der Waals surface area contributed by atoms with E-state index in [0.29, 0.717) is 0 Å². The van der Waals surface area contributed by atoms with Gasteiger partial charge in [0.25, 0.3) is 0 Å². The number of carbonyl (C=O) groups excluding carboxylic acids is 1. The molecule has 1 aromatic rings. The number of benzene rings is 1. The van der Waals surface area contributed by atoms with Crippen LogP contribution in [0.15, 0.2) is 23.1 Å². The van der Waals surface area contributed by atoms with Gasteiger partial charge in [-0.1, -0.05) is 12.8 Å². The van der Waals surface area contributed by atoms with E-state index in [1.807, 2.05) is 6.92 Å². The number of halogens is 2. The summed E-state index contributed by atoms with van der Waals surface area (Å²) in [5, 5.41) is 3.13. The van der Waals surface area contributed by atoms with E-state index < -0.39 is 5.54 Å². The number of thioether (sulfide) groups is 1. The summed E-state index contributed by atoms with van der Waals surface area (Å²) in [6.07, 6.45) is 4.70. The van der Waals surface area contributed by atoms with E-state index in [4.69, 9.17) is 5.73 Å². The van der Waals surface area contributed by atoms with Crippen molar-refractivity contribution in [1.29, 1.82) is 0 Å². The van der Waals surface area contributed by atoms with E-state index >= 15 is 0 Å². The largest absolute Gasteiger partial charge is 0.349 e. The number of carbonyl (C=O) groups is 1. The first kappa shape index (κ1) is 18.6. The first-order valence-electron chi connectivity index (χ1n) is 7.99. The molecule has 0 saturated heterocycles. The van der Waals surface area contributed by atoms with Crippen molar-refractivity contribution in [3.8, 4) is 0 Å². The predicted octanol–water partition coefficient (Wildman–Crippen LogP) is 3.81. The molecule has 3 nitrogen and oxygen atoms in total. The van der Waals surface area contributed by atoms with Crippen LogP contribution in [0.2, 0.25) is 0 Å². The predicted molar refractivity (Wildman–Crippen MR) is 94.4 cm³/mol. The van der Waals surface area contributed by atoms with Gasteiger partial charge in [-0.25, -0.2) is 4.39 Å². The SMILES string of the molecule is CC1(N)CCCCC1C(=O)NC1CCSc2ccc(F)cc21.Cl. The van der Waals surface area contributed by atoms with E-state index in [1.54, 1.807) is 23.9 Å². The standard InChI is InChI=1S/C17H23FN2OS.ClH/c1-17(19)8-3-2-4-13(17)16(21)20-14-7-9-22-15-6-5-11(18)10-12(14)15;/h5-6,10,13-14H,2-4,7-9,19H2,1H3,(H,20,21);1H. The third-order valence-corrected chi connectivity index (χ3v) is 6.02. The van der Waals surface area contributed by atoms with Crippen molar-refractivity contribution in [3.05, 3.63) is 29.6 Å². The molecule has 23 heavy (non-hydrogen) atoms. The Hall–Kier alpha value is -0.780. The zero-order valence-corrected chi connectivity index (χ0v) is 14.9. The molecule has 1 saturated carbocycles. The lowest BCUT2D eigenvalue weighted by Crippen LogP contribution is -2.53. The fourth-order valence-electron chi connectivity index (χ4n) is 3.58. The minimum absolute atomic E-state index is 0.